The minimum atomic E-state index is -6.00. The van der Waals surface area contributed by atoms with E-state index in [4.69, 9.17) is 9.47 Å². The Labute approximate surface area is 268 Å². The number of cyclic esters (lactones) is 4. The Kier molecular flexibility index (Phi) is 7.61. The first-order chi connectivity index (χ1) is 23.0. The fraction of sp³-hybridized carbons (Fsp3) is 0.0909. The predicted molar refractivity (Wildman–Crippen MR) is 148 cm³/mol. The third kappa shape index (κ3) is 5.26. The average Bonchev–Trinajstić information content (AvgIpc) is 3.50. The Bertz CT molecular complexity index is 1950. The summed E-state index contributed by atoms with van der Waals surface area (Å²) in [6.07, 6.45) is -12.0. The van der Waals surface area contributed by atoms with Gasteiger partial charge in [0.05, 0.1) is 33.4 Å². The second kappa shape index (κ2) is 11.4. The third-order valence-electron chi connectivity index (χ3n) is 7.63. The quantitative estimate of drug-likeness (QED) is 0.100. The van der Waals surface area contributed by atoms with E-state index >= 15 is 0 Å². The molecule has 0 radical (unpaired) electrons. The normalized spacial score (nSPS) is 14.2. The molecule has 0 spiro atoms. The molecule has 0 fully saturated rings. The molecule has 0 unspecified atom stereocenters. The van der Waals surface area contributed by atoms with Crippen LogP contribution < -0.4 is 9.47 Å². The molecule has 6 rings (SSSR count). The summed E-state index contributed by atoms with van der Waals surface area (Å²) in [5, 5.41) is 0. The highest BCUT2D eigenvalue weighted by atomic mass is 19.4. The molecule has 2 aliphatic heterocycles. The zero-order valence-corrected chi connectivity index (χ0v) is 23.9. The lowest BCUT2D eigenvalue weighted by Crippen LogP contribution is -2.54. The lowest BCUT2D eigenvalue weighted by Gasteiger charge is -2.38. The van der Waals surface area contributed by atoms with Crippen molar-refractivity contribution in [3.8, 4) is 11.5 Å². The topological polar surface area (TPSA) is 139 Å². The van der Waals surface area contributed by atoms with Gasteiger partial charge in [-0.25, -0.2) is 28.8 Å². The van der Waals surface area contributed by atoms with E-state index in [9.17, 15) is 55.1 Å². The van der Waals surface area contributed by atoms with E-state index in [2.05, 4.69) is 9.47 Å². The van der Waals surface area contributed by atoms with Gasteiger partial charge in [-0.3, -0.25) is 0 Å². The minimum Gasteiger partial charge on any atom is -0.423 e. The van der Waals surface area contributed by atoms with Gasteiger partial charge >= 0.3 is 48.2 Å². The number of esters is 6. The van der Waals surface area contributed by atoms with E-state index in [1.54, 1.807) is 0 Å². The molecule has 4 aromatic rings. The Morgan fingerprint density at radius 3 is 1.16 bits per heavy atom. The van der Waals surface area contributed by atoms with Crippen molar-refractivity contribution in [3.05, 3.63) is 129 Å². The second-order valence-electron chi connectivity index (χ2n) is 10.4. The molecule has 0 saturated heterocycles. The van der Waals surface area contributed by atoms with Crippen LogP contribution in [0.3, 0.4) is 0 Å². The molecule has 0 aromatic heterocycles. The number of carbonyl (C=O) groups excluding carboxylic acids is 6. The van der Waals surface area contributed by atoms with E-state index in [0.29, 0.717) is 48.5 Å². The molecule has 2 aliphatic rings. The molecular formula is C33H14F6O10. The van der Waals surface area contributed by atoms with Crippen LogP contribution in [0.15, 0.2) is 84.9 Å². The number of fused-ring (bicyclic) bond motifs is 2. The Balaban J connectivity index is 1.30. The number of alkyl halides is 6. The van der Waals surface area contributed by atoms with Gasteiger partial charge in [-0.15, -0.1) is 0 Å². The van der Waals surface area contributed by atoms with E-state index in [0.717, 1.165) is 12.1 Å². The summed E-state index contributed by atoms with van der Waals surface area (Å²) in [6, 6.07) is 11.6. The van der Waals surface area contributed by atoms with Crippen molar-refractivity contribution < 1.29 is 74.1 Å². The highest BCUT2D eigenvalue weighted by molar-refractivity contribution is 6.20. The van der Waals surface area contributed by atoms with Gasteiger partial charge < -0.3 is 18.9 Å². The Hall–Kier alpha value is -6.32. The molecule has 0 saturated carbocycles. The van der Waals surface area contributed by atoms with Gasteiger partial charge in [0.1, 0.15) is 11.5 Å². The highest BCUT2D eigenvalue weighted by Gasteiger charge is 2.72. The first-order valence-corrected chi connectivity index (χ1v) is 13.6. The SMILES string of the molecule is O=C1OC(=O)c2c1cccc2C(=O)Oc1ccc(C(c2ccc(OC(=O)c3cccc4c3C(=O)OC4=O)cc2)(C(F)(F)F)C(F)(F)F)cc1. The van der Waals surface area contributed by atoms with Gasteiger partial charge in [-0.1, -0.05) is 36.4 Å². The van der Waals surface area contributed by atoms with Crippen LogP contribution >= 0.6 is 0 Å². The number of benzene rings is 4. The van der Waals surface area contributed by atoms with Crippen LogP contribution in [0.25, 0.3) is 0 Å². The summed E-state index contributed by atoms with van der Waals surface area (Å²) >= 11 is 0. The zero-order chi connectivity index (χ0) is 35.5. The number of rotatable bonds is 6. The first kappa shape index (κ1) is 32.6. The predicted octanol–water partition coefficient (Wildman–Crippen LogP) is 6.16. The fourth-order valence-corrected chi connectivity index (χ4v) is 5.46. The molecule has 0 amide bonds. The van der Waals surface area contributed by atoms with Gasteiger partial charge in [0.15, 0.2) is 0 Å². The van der Waals surface area contributed by atoms with Crippen molar-refractivity contribution in [2.75, 3.05) is 0 Å². The highest BCUT2D eigenvalue weighted by Crippen LogP contribution is 2.56. The monoisotopic (exact) mass is 684 g/mol. The fourth-order valence-electron chi connectivity index (χ4n) is 5.46. The number of ether oxygens (including phenoxy) is 4. The van der Waals surface area contributed by atoms with E-state index in [-0.39, 0.29) is 11.1 Å². The van der Waals surface area contributed by atoms with Crippen LogP contribution in [0.1, 0.15) is 73.3 Å². The van der Waals surface area contributed by atoms with Crippen molar-refractivity contribution in [2.45, 2.75) is 17.8 Å². The second-order valence-corrected chi connectivity index (χ2v) is 10.4. The molecule has 4 aromatic carbocycles. The van der Waals surface area contributed by atoms with Crippen molar-refractivity contribution in [1.82, 2.24) is 0 Å². The number of carbonyl (C=O) groups is 6. The lowest BCUT2D eigenvalue weighted by molar-refractivity contribution is -0.288. The maximum Gasteiger partial charge on any atom is 0.411 e. The smallest absolute Gasteiger partial charge is 0.411 e. The van der Waals surface area contributed by atoms with Crippen LogP contribution in [0.5, 0.6) is 11.5 Å². The van der Waals surface area contributed by atoms with E-state index in [1.807, 2.05) is 0 Å². The van der Waals surface area contributed by atoms with Crippen LogP contribution in [-0.4, -0.2) is 48.2 Å². The summed E-state index contributed by atoms with van der Waals surface area (Å²) in [5.74, 6) is -7.83. The van der Waals surface area contributed by atoms with Gasteiger partial charge in [0.2, 0.25) is 5.41 Å². The maximum atomic E-state index is 14.7. The van der Waals surface area contributed by atoms with Crippen molar-refractivity contribution in [1.29, 1.82) is 0 Å². The van der Waals surface area contributed by atoms with Gasteiger partial charge in [-0.05, 0) is 59.7 Å². The first-order valence-electron chi connectivity index (χ1n) is 13.6. The third-order valence-corrected chi connectivity index (χ3v) is 7.63. The van der Waals surface area contributed by atoms with Gasteiger partial charge in [-0.2, -0.15) is 26.3 Å². The molecule has 10 nitrogen and oxygen atoms in total. The summed E-state index contributed by atoms with van der Waals surface area (Å²) in [4.78, 5) is 73.1. The number of halogens is 6. The van der Waals surface area contributed by atoms with E-state index < -0.39 is 98.5 Å². The molecule has 2 heterocycles. The molecule has 0 atom stereocenters. The van der Waals surface area contributed by atoms with Crippen LogP contribution in [0.4, 0.5) is 26.3 Å². The van der Waals surface area contributed by atoms with Crippen molar-refractivity contribution >= 4 is 35.8 Å². The molecule has 16 heteroatoms. The largest absolute Gasteiger partial charge is 0.423 e. The molecular weight excluding hydrogens is 670 g/mol. The Morgan fingerprint density at radius 1 is 0.490 bits per heavy atom. The van der Waals surface area contributed by atoms with Crippen molar-refractivity contribution in [2.24, 2.45) is 0 Å². The van der Waals surface area contributed by atoms with Crippen LogP contribution in [0.2, 0.25) is 0 Å². The van der Waals surface area contributed by atoms with Crippen molar-refractivity contribution in [3.63, 3.8) is 0 Å². The minimum absolute atomic E-state index is 0.236. The molecule has 49 heavy (non-hydrogen) atoms. The molecule has 248 valence electrons. The van der Waals surface area contributed by atoms with Gasteiger partial charge in [0, 0.05) is 0 Å². The maximum absolute atomic E-state index is 14.7. The standard InChI is InChI=1S/C33H14F6O10/c34-32(35,36)31(33(37,38)39,15-7-11-17(12-8-15)46-25(40)19-3-1-5-21-23(19)29(44)48-27(21)42)16-9-13-18(14-10-16)47-26(41)20-4-2-6-22-24(20)30(45)49-28(22)43/h1-14H. The summed E-state index contributed by atoms with van der Waals surface area (Å²) < 4.78 is 107. The zero-order valence-electron chi connectivity index (χ0n) is 23.9. The van der Waals surface area contributed by atoms with Crippen LogP contribution in [0, 0.1) is 0 Å². The summed E-state index contributed by atoms with van der Waals surface area (Å²) in [7, 11) is 0. The average molecular weight is 684 g/mol. The van der Waals surface area contributed by atoms with E-state index in [1.165, 1.54) is 24.3 Å². The summed E-state index contributed by atoms with van der Waals surface area (Å²) in [5.41, 5.74) is -9.44. The Morgan fingerprint density at radius 2 is 0.837 bits per heavy atom. The number of hydrogen-bond donors (Lipinski definition) is 0. The molecule has 0 aliphatic carbocycles. The van der Waals surface area contributed by atoms with Gasteiger partial charge in [0.25, 0.3) is 0 Å². The molecule has 0 N–H and O–H groups in total. The number of hydrogen-bond acceptors (Lipinski definition) is 10. The molecule has 0 bridgehead atoms. The van der Waals surface area contributed by atoms with Crippen LogP contribution in [-0.2, 0) is 14.9 Å². The summed E-state index contributed by atoms with van der Waals surface area (Å²) in [6.45, 7) is 0. The lowest BCUT2D eigenvalue weighted by atomic mass is 9.73.